The van der Waals surface area contributed by atoms with Crippen LogP contribution in [-0.2, 0) is 11.3 Å². The Labute approximate surface area is 196 Å². The van der Waals surface area contributed by atoms with E-state index in [0.29, 0.717) is 37.6 Å². The van der Waals surface area contributed by atoms with Crippen LogP contribution in [0.2, 0.25) is 0 Å². The highest BCUT2D eigenvalue weighted by Gasteiger charge is 2.31. The topological polar surface area (TPSA) is 109 Å². The molecule has 2 amide bonds. The van der Waals surface area contributed by atoms with Gasteiger partial charge in [0, 0.05) is 38.9 Å². The molecule has 0 saturated carbocycles. The maximum atomic E-state index is 14.4. The zero-order chi connectivity index (χ0) is 23.7. The zero-order valence-electron chi connectivity index (χ0n) is 18.9. The largest absolute Gasteiger partial charge is 0.483 e. The van der Waals surface area contributed by atoms with Crippen LogP contribution in [0.1, 0.15) is 42.2 Å². The molecule has 1 unspecified atom stereocenters. The first kappa shape index (κ1) is 22.5. The van der Waals surface area contributed by atoms with Crippen LogP contribution in [0, 0.1) is 5.95 Å². The summed E-state index contributed by atoms with van der Waals surface area (Å²) in [6, 6.07) is 4.78. The SMILES string of the molecule is CCC1Oc2ncc(CN3CC(Oc4ccc(C(=O)NN5CCCC5)nc4F)C3)cc2NC1=O. The van der Waals surface area contributed by atoms with Crippen molar-refractivity contribution in [3.05, 3.63) is 41.6 Å². The van der Waals surface area contributed by atoms with Gasteiger partial charge in [0.2, 0.25) is 5.88 Å². The summed E-state index contributed by atoms with van der Waals surface area (Å²) in [4.78, 5) is 34.5. The minimum Gasteiger partial charge on any atom is -0.483 e. The summed E-state index contributed by atoms with van der Waals surface area (Å²) in [7, 11) is 0. The van der Waals surface area contributed by atoms with Crippen LogP contribution in [0.5, 0.6) is 11.6 Å². The predicted octanol–water partition coefficient (Wildman–Crippen LogP) is 1.73. The zero-order valence-corrected chi connectivity index (χ0v) is 18.9. The lowest BCUT2D eigenvalue weighted by molar-refractivity contribution is -0.123. The molecular weight excluding hydrogens is 443 g/mol. The minimum absolute atomic E-state index is 0.0215. The van der Waals surface area contributed by atoms with E-state index in [0.717, 1.165) is 31.5 Å². The fraction of sp³-hybridized carbons (Fsp3) is 0.478. The lowest BCUT2D eigenvalue weighted by Crippen LogP contribution is -2.53. The standard InChI is InChI=1S/C23H27FN6O4/c1-2-18-22(32)27-17-9-14(10-25-23(17)34-18)11-29-12-15(13-29)33-19-6-5-16(26-20(19)24)21(31)28-30-7-3-4-8-30/h5-6,9-10,15,18H,2-4,7-8,11-13H2,1H3,(H,27,32)(H,28,31). The number of amides is 2. The third-order valence-electron chi connectivity index (χ3n) is 6.12. The number of hydrogen-bond donors (Lipinski definition) is 2. The minimum atomic E-state index is -0.799. The monoisotopic (exact) mass is 470 g/mol. The molecule has 10 nitrogen and oxygen atoms in total. The number of fused-ring (bicyclic) bond motifs is 1. The highest BCUT2D eigenvalue weighted by Crippen LogP contribution is 2.30. The molecule has 11 heteroatoms. The van der Waals surface area contributed by atoms with Crippen molar-refractivity contribution >= 4 is 17.5 Å². The summed E-state index contributed by atoms with van der Waals surface area (Å²) < 4.78 is 25.8. The molecule has 3 aliphatic heterocycles. The van der Waals surface area contributed by atoms with Crippen LogP contribution >= 0.6 is 0 Å². The van der Waals surface area contributed by atoms with E-state index in [1.165, 1.54) is 12.1 Å². The van der Waals surface area contributed by atoms with Gasteiger partial charge in [0.05, 0.1) is 0 Å². The first-order valence-electron chi connectivity index (χ1n) is 11.6. The molecule has 0 bridgehead atoms. The number of nitrogens with one attached hydrogen (secondary N) is 2. The average Bonchev–Trinajstić information content (AvgIpc) is 3.31. The first-order valence-corrected chi connectivity index (χ1v) is 11.6. The second-order valence-corrected chi connectivity index (χ2v) is 8.75. The van der Waals surface area contributed by atoms with Gasteiger partial charge in [-0.2, -0.15) is 4.39 Å². The van der Waals surface area contributed by atoms with Crippen LogP contribution in [0.3, 0.4) is 0 Å². The Bertz CT molecular complexity index is 1090. The first-order chi connectivity index (χ1) is 16.5. The van der Waals surface area contributed by atoms with Crippen molar-refractivity contribution in [2.24, 2.45) is 0 Å². The summed E-state index contributed by atoms with van der Waals surface area (Å²) in [6.45, 7) is 5.29. The molecule has 5 heterocycles. The number of carbonyl (C=O) groups excluding carboxylic acids is 2. The highest BCUT2D eigenvalue weighted by atomic mass is 19.1. The molecule has 2 aromatic rings. The Hall–Kier alpha value is -3.31. The number of hydrogen-bond acceptors (Lipinski definition) is 8. The second-order valence-electron chi connectivity index (χ2n) is 8.75. The van der Waals surface area contributed by atoms with E-state index >= 15 is 0 Å². The van der Waals surface area contributed by atoms with E-state index in [9.17, 15) is 14.0 Å². The van der Waals surface area contributed by atoms with Crippen molar-refractivity contribution in [2.75, 3.05) is 31.5 Å². The Morgan fingerprint density at radius 2 is 2.12 bits per heavy atom. The van der Waals surface area contributed by atoms with Gasteiger partial charge in [-0.15, -0.1) is 0 Å². The van der Waals surface area contributed by atoms with E-state index in [2.05, 4.69) is 25.6 Å². The molecule has 34 heavy (non-hydrogen) atoms. The summed E-state index contributed by atoms with van der Waals surface area (Å²) in [6.07, 6.45) is 3.67. The number of anilines is 1. The van der Waals surface area contributed by atoms with E-state index in [-0.39, 0.29) is 23.5 Å². The van der Waals surface area contributed by atoms with Gasteiger partial charge in [0.25, 0.3) is 17.8 Å². The Balaban J connectivity index is 1.12. The van der Waals surface area contributed by atoms with Gasteiger partial charge in [-0.3, -0.25) is 19.9 Å². The lowest BCUT2D eigenvalue weighted by atomic mass is 10.1. The molecule has 5 rings (SSSR count). The predicted molar refractivity (Wildman–Crippen MR) is 120 cm³/mol. The Kier molecular flexibility index (Phi) is 6.29. The molecule has 0 aliphatic carbocycles. The third kappa shape index (κ3) is 4.80. The average molecular weight is 471 g/mol. The van der Waals surface area contributed by atoms with E-state index in [1.54, 1.807) is 6.20 Å². The Morgan fingerprint density at radius 3 is 2.85 bits per heavy atom. The lowest BCUT2D eigenvalue weighted by Gasteiger charge is -2.39. The number of rotatable bonds is 7. The van der Waals surface area contributed by atoms with Crippen molar-refractivity contribution < 1.29 is 23.5 Å². The fourth-order valence-electron chi connectivity index (χ4n) is 4.27. The summed E-state index contributed by atoms with van der Waals surface area (Å²) in [5.41, 5.74) is 4.26. The molecular formula is C23H27FN6O4. The second kappa shape index (κ2) is 9.51. The fourth-order valence-corrected chi connectivity index (χ4v) is 4.27. The number of hydrazine groups is 1. The van der Waals surface area contributed by atoms with Gasteiger partial charge in [-0.1, -0.05) is 6.92 Å². The molecule has 2 fully saturated rings. The van der Waals surface area contributed by atoms with Crippen molar-refractivity contribution in [1.29, 1.82) is 0 Å². The van der Waals surface area contributed by atoms with E-state index < -0.39 is 18.0 Å². The van der Waals surface area contributed by atoms with Gasteiger partial charge < -0.3 is 14.8 Å². The summed E-state index contributed by atoms with van der Waals surface area (Å²) >= 11 is 0. The molecule has 0 spiro atoms. The van der Waals surface area contributed by atoms with Gasteiger partial charge in [0.1, 0.15) is 17.5 Å². The number of aromatic nitrogens is 2. The number of nitrogens with zero attached hydrogens (tertiary/aromatic N) is 4. The molecule has 1 atom stereocenters. The van der Waals surface area contributed by atoms with Crippen LogP contribution in [0.15, 0.2) is 24.4 Å². The van der Waals surface area contributed by atoms with E-state index in [1.807, 2.05) is 18.0 Å². The summed E-state index contributed by atoms with van der Waals surface area (Å²) in [5, 5.41) is 4.66. The van der Waals surface area contributed by atoms with Crippen molar-refractivity contribution in [1.82, 2.24) is 25.3 Å². The smallest absolute Gasteiger partial charge is 0.284 e. The van der Waals surface area contributed by atoms with Crippen molar-refractivity contribution in [2.45, 2.75) is 44.9 Å². The normalized spacial score (nSPS) is 20.8. The van der Waals surface area contributed by atoms with Crippen LogP contribution < -0.4 is 20.2 Å². The molecule has 3 aliphatic rings. The number of carbonyl (C=O) groups is 2. The molecule has 0 aromatic carbocycles. The van der Waals surface area contributed by atoms with Gasteiger partial charge in [0.15, 0.2) is 11.9 Å². The van der Waals surface area contributed by atoms with Crippen molar-refractivity contribution in [3.8, 4) is 11.6 Å². The quantitative estimate of drug-likeness (QED) is 0.589. The van der Waals surface area contributed by atoms with Crippen LogP contribution in [0.25, 0.3) is 0 Å². The molecule has 2 saturated heterocycles. The van der Waals surface area contributed by atoms with Gasteiger partial charge in [-0.25, -0.2) is 15.0 Å². The van der Waals surface area contributed by atoms with Crippen LogP contribution in [0.4, 0.5) is 10.1 Å². The molecule has 180 valence electrons. The molecule has 2 aromatic heterocycles. The molecule has 2 N–H and O–H groups in total. The number of ether oxygens (including phenoxy) is 2. The van der Waals surface area contributed by atoms with E-state index in [4.69, 9.17) is 9.47 Å². The van der Waals surface area contributed by atoms with Crippen molar-refractivity contribution in [3.63, 3.8) is 0 Å². The maximum Gasteiger partial charge on any atom is 0.284 e. The van der Waals surface area contributed by atoms with Gasteiger partial charge >= 0.3 is 0 Å². The van der Waals surface area contributed by atoms with Gasteiger partial charge in [-0.05, 0) is 43.0 Å². The highest BCUT2D eigenvalue weighted by molar-refractivity contribution is 5.97. The number of pyridine rings is 2. The van der Waals surface area contributed by atoms with Crippen LogP contribution in [-0.4, -0.2) is 70.1 Å². The Morgan fingerprint density at radius 1 is 1.32 bits per heavy atom. The third-order valence-corrected chi connectivity index (χ3v) is 6.12. The molecule has 0 radical (unpaired) electrons. The number of likely N-dealkylation sites (tertiary alicyclic amines) is 1. The maximum absolute atomic E-state index is 14.4. The number of halogens is 1. The summed E-state index contributed by atoms with van der Waals surface area (Å²) in [5.74, 6) is -0.926.